The molecule has 3 aromatic carbocycles. The van der Waals surface area contributed by atoms with Crippen molar-refractivity contribution in [3.8, 4) is 29.1 Å². The Kier molecular flexibility index (Phi) is 32.6. The quantitative estimate of drug-likeness (QED) is 0.0941. The Labute approximate surface area is 811 Å². The molecule has 6 aliphatic heterocycles. The van der Waals surface area contributed by atoms with Crippen LogP contribution >= 0.6 is 0 Å². The number of alkyl carbamates (subject to hydrolysis) is 3. The molecule has 3 radical (unpaired) electrons. The van der Waals surface area contributed by atoms with Gasteiger partial charge in [0.05, 0.1) is 64.9 Å². The first-order valence-corrected chi connectivity index (χ1v) is 47.9. The number of fused-ring (bicyclic) bond motifs is 17. The van der Waals surface area contributed by atoms with Crippen molar-refractivity contribution in [2.24, 2.45) is 63.6 Å². The van der Waals surface area contributed by atoms with Gasteiger partial charge in [-0.15, -0.1) is 0 Å². The second-order valence-electron chi connectivity index (χ2n) is 42.1. The van der Waals surface area contributed by atoms with Crippen LogP contribution in [0.3, 0.4) is 0 Å². The Balaban J connectivity index is 0.000000167. The van der Waals surface area contributed by atoms with E-state index in [-0.39, 0.29) is 141 Å². The predicted octanol–water partition coefficient (Wildman–Crippen LogP) is 15.2. The number of carbonyl (C=O) groups excluding carboxylic acids is 9. The van der Waals surface area contributed by atoms with Gasteiger partial charge in [0.1, 0.15) is 82.8 Å². The van der Waals surface area contributed by atoms with Gasteiger partial charge >= 0.3 is 18.3 Å². The summed E-state index contributed by atoms with van der Waals surface area (Å²) in [5.74, 6) is 3.09. The van der Waals surface area contributed by atoms with Crippen LogP contribution in [0.1, 0.15) is 255 Å². The average molecular weight is 1930 g/mol. The van der Waals surface area contributed by atoms with Crippen molar-refractivity contribution in [1.29, 1.82) is 0 Å². The van der Waals surface area contributed by atoms with Crippen LogP contribution in [0.25, 0.3) is 33.1 Å². The number of benzene rings is 3. The molecule has 6 bridgehead atoms. The van der Waals surface area contributed by atoms with Crippen LogP contribution in [-0.2, 0) is 118 Å². The van der Waals surface area contributed by atoms with Crippen molar-refractivity contribution in [3.05, 3.63) is 77.7 Å². The first kappa shape index (κ1) is 101. The summed E-state index contributed by atoms with van der Waals surface area (Å²) < 4.78 is 49.5. The van der Waals surface area contributed by atoms with E-state index in [0.29, 0.717) is 71.6 Å². The normalized spacial score (nSPS) is 31.2. The summed E-state index contributed by atoms with van der Waals surface area (Å²) in [6.07, 6.45) is 28.0. The molecule has 711 valence electrons. The molecular formula is C100H131N12O17V3-3. The zero-order valence-electron chi connectivity index (χ0n) is 78.7. The number of nitrogens with zero attached hydrogens (tertiary/aromatic N) is 9. The standard InChI is InChI=1S/C35H45N4O6.C35H47N4O6.C30H39N4O5.3V/c1-19-28(18-40)39-17-30(19)44-32-26(36-25-13-12-22(16-27(25)37-32)43-21-10-11-21)9-7-5-6-8-23-24-14-20(24)15-29(23)45-34(42)38-31(33(39)41)35(2,3)4;1-21-28(20-40)39-19-29(21)44-31-26(36-25-16-15-24(18-27(25)37-31)43-23-13-14-23)12-8-6-7-10-22-11-9-17-35(22,5)45-33(42)38-30(32(39)41)34(2,3)4;1-5-19-23(17-35)34-16-25(19)38-27-22(31-20-12-9-10-13-21(20)32-27)14-8-6-7-11-18-15-24(18)39-29(37)33-26(28(34)36)30(2,3)4;;;/h12-13,16,19-21,23-24,28-31H,5-11,14-15,17H2,1-4H3,(H,38,42);15-16,18,21-23,28-30H,6-14,17,19H2,1-5H3,(H,38,42);9-10,12-13,18-19,23-26H,5-8,11,14-16H2,1-4H3,(H,33,37);;;/q3*-1;;;/t19-,20?,23+,24?,28+,29+,30-,31+;21-,22+,28+,29-,30+,35+;18-,19+,23-,24-,25+,26-;;;/m001.../s1. The van der Waals surface area contributed by atoms with Gasteiger partial charge in [-0.1, -0.05) is 158 Å². The first-order valence-electron chi connectivity index (χ1n) is 47.9. The number of aryl methyl sites for hydroxylation is 3. The monoisotopic (exact) mass is 1920 g/mol. The molecular weight excluding hydrogens is 1790 g/mol. The van der Waals surface area contributed by atoms with E-state index in [2.05, 4.69) is 34.8 Å². The van der Waals surface area contributed by atoms with Gasteiger partial charge in [-0.2, -0.15) is 0 Å². The number of amides is 6. The molecule has 2 unspecified atom stereocenters. The molecule has 32 heteroatoms. The fraction of sp³-hybridized carbons (Fsp3) is 0.670. The smallest absolute Gasteiger partial charge is 0.408 e. The van der Waals surface area contributed by atoms with Crippen LogP contribution in [0.2, 0.25) is 0 Å². The van der Waals surface area contributed by atoms with Crippen molar-refractivity contribution >= 4 is 88.0 Å². The molecule has 29 nitrogen and oxygen atoms in total. The molecule has 0 spiro atoms. The number of hydrogen-bond acceptors (Lipinski definition) is 23. The largest absolute Gasteiger partial charge is 0.540 e. The Morgan fingerprint density at radius 3 is 1.29 bits per heavy atom. The Morgan fingerprint density at radius 2 is 0.826 bits per heavy atom. The van der Waals surface area contributed by atoms with E-state index in [0.717, 1.165) is 192 Å². The molecule has 6 saturated carbocycles. The Hall–Kier alpha value is -8.34. The molecule has 6 aliphatic carbocycles. The third-order valence-electron chi connectivity index (χ3n) is 29.1. The van der Waals surface area contributed by atoms with Crippen molar-refractivity contribution in [3.63, 3.8) is 0 Å². The van der Waals surface area contributed by atoms with Gasteiger partial charge in [-0.25, -0.2) is 63.1 Å². The number of nitrogens with one attached hydrogen (secondary N) is 3. The molecule has 9 heterocycles. The van der Waals surface area contributed by atoms with Crippen LogP contribution in [0, 0.1) is 63.6 Å². The summed E-state index contributed by atoms with van der Waals surface area (Å²) in [4.78, 5) is 153. The van der Waals surface area contributed by atoms with Crippen LogP contribution in [0.5, 0.6) is 29.1 Å². The van der Waals surface area contributed by atoms with E-state index in [1.54, 1.807) is 0 Å². The summed E-state index contributed by atoms with van der Waals surface area (Å²) in [6, 6.07) is 14.2. The second kappa shape index (κ2) is 42.5. The van der Waals surface area contributed by atoms with Gasteiger partial charge < -0.3 is 82.9 Å². The number of hydrogen-bond donors (Lipinski definition) is 3. The van der Waals surface area contributed by atoms with Gasteiger partial charge in [0, 0.05) is 67.8 Å². The molecule has 3 saturated heterocycles. The summed E-state index contributed by atoms with van der Waals surface area (Å²) in [7, 11) is 0. The van der Waals surface area contributed by atoms with E-state index in [4.69, 9.17) is 67.8 Å². The van der Waals surface area contributed by atoms with Crippen LogP contribution in [0.4, 0.5) is 14.4 Å². The molecule has 6 aromatic rings. The maximum atomic E-state index is 14.1. The minimum absolute atomic E-state index is 0. The summed E-state index contributed by atoms with van der Waals surface area (Å²) in [6.45, 7) is 25.4. The van der Waals surface area contributed by atoms with Gasteiger partial charge in [0.2, 0.25) is 35.4 Å². The maximum absolute atomic E-state index is 14.1. The van der Waals surface area contributed by atoms with Crippen LogP contribution in [0.15, 0.2) is 60.7 Å². The van der Waals surface area contributed by atoms with E-state index in [9.17, 15) is 43.2 Å². The van der Waals surface area contributed by atoms with Crippen molar-refractivity contribution in [1.82, 2.24) is 60.6 Å². The minimum Gasteiger partial charge on any atom is -0.540 e. The average Bonchev–Trinajstić information content (AvgIpc) is 1.61. The molecule has 3 aromatic heterocycles. The van der Waals surface area contributed by atoms with E-state index >= 15 is 0 Å². The Morgan fingerprint density at radius 1 is 0.424 bits per heavy atom. The molecule has 18 rings (SSSR count). The molecule has 20 atom stereocenters. The third-order valence-corrected chi connectivity index (χ3v) is 29.1. The first-order chi connectivity index (χ1) is 61.7. The van der Waals surface area contributed by atoms with E-state index in [1.165, 1.54) is 21.1 Å². The van der Waals surface area contributed by atoms with Crippen molar-refractivity contribution in [2.45, 2.75) is 342 Å². The summed E-state index contributed by atoms with van der Waals surface area (Å²) >= 11 is 0. The Bertz CT molecular complexity index is 5030. The van der Waals surface area contributed by atoms with Gasteiger partial charge in [0.25, 0.3) is 0 Å². The van der Waals surface area contributed by atoms with Crippen LogP contribution in [-0.4, -0.2) is 204 Å². The third kappa shape index (κ3) is 23.5. The number of ether oxygens (including phenoxy) is 8. The summed E-state index contributed by atoms with van der Waals surface area (Å²) in [5.41, 5.74) is 4.40. The molecule has 6 amide bonds. The van der Waals surface area contributed by atoms with Crippen LogP contribution < -0.4 is 39.6 Å². The number of rotatable bonds is 8. The van der Waals surface area contributed by atoms with Crippen molar-refractivity contribution < 1.29 is 137 Å². The summed E-state index contributed by atoms with van der Waals surface area (Å²) in [5, 5.41) is 8.61. The second-order valence-corrected chi connectivity index (χ2v) is 42.1. The molecule has 9 fully saturated rings. The fourth-order valence-corrected chi connectivity index (χ4v) is 20.9. The fourth-order valence-electron chi connectivity index (χ4n) is 20.9. The van der Waals surface area contributed by atoms with Gasteiger partial charge in [0.15, 0.2) is 0 Å². The maximum Gasteiger partial charge on any atom is 0.408 e. The SMILES string of the molecule is CC[C@@H]1[C@@H]2CN(C(=O)[C@H](C(C)(C)C)NC(=O)O[C@@H]3C[C@H]3CCCCCc3nc4ccccc4nc3O2)[C@@H]1[C-]=O.C[C@@H]1[C@@H]2CN(C(=O)[C@H](C(C)(C)C)NC(=O)O[C@@H]3CC4CC4[C@H]3CCCCCc3nc4ccc(OC5CC5)cc4nc3O2)[C@@H]1[C-]=O.C[C@@H]1[C@@H]2CN(C(=O)[C@H](C(C)(C)C)NC(=O)O[C@]3(C)CCC[C@H]3CCCCCc3nc4ccc(OC5CC5)cc4nc3O2)[C@@H]1[C-]=O.[V].[V].[V]. The number of para-hydroxylation sites is 2. The predicted molar refractivity (Wildman–Crippen MR) is 481 cm³/mol. The molecule has 12 aliphatic rings. The van der Waals surface area contributed by atoms with Gasteiger partial charge in [-0.05, 0) is 229 Å². The topological polar surface area (TPSA) is 351 Å². The molecule has 132 heavy (non-hydrogen) atoms. The van der Waals surface area contributed by atoms with Crippen molar-refractivity contribution in [2.75, 3.05) is 19.6 Å². The van der Waals surface area contributed by atoms with E-state index < -0.39 is 94.7 Å². The van der Waals surface area contributed by atoms with Gasteiger partial charge in [-0.3, -0.25) is 14.4 Å². The number of carbonyl (C=O) groups is 6. The molecule has 3 N–H and O–H groups in total. The number of aromatic nitrogens is 6. The zero-order valence-corrected chi connectivity index (χ0v) is 82.9. The van der Waals surface area contributed by atoms with E-state index in [1.807, 2.05) is 151 Å². The zero-order chi connectivity index (χ0) is 91.1. The minimum atomic E-state index is -0.907.